The van der Waals surface area contributed by atoms with Crippen LogP contribution in [0.5, 0.6) is 0 Å². The number of carboxylic acid groups (broad SMARTS) is 1. The van der Waals surface area contributed by atoms with Gasteiger partial charge in [0.05, 0.1) is 5.56 Å². The summed E-state index contributed by atoms with van der Waals surface area (Å²) in [6.07, 6.45) is 0.956. The maximum Gasteiger partial charge on any atom is 0.337 e. The van der Waals surface area contributed by atoms with Gasteiger partial charge in [-0.2, -0.15) is 0 Å². The Morgan fingerprint density at radius 1 is 1.12 bits per heavy atom. The number of aromatic nitrogens is 1. The van der Waals surface area contributed by atoms with E-state index >= 15 is 0 Å². The summed E-state index contributed by atoms with van der Waals surface area (Å²) in [4.78, 5) is 13.2. The molecule has 0 radical (unpaired) electrons. The zero-order valence-electron chi connectivity index (χ0n) is 14.5. The fraction of sp³-hybridized carbons (Fsp3) is 0.250. The first-order valence-electron chi connectivity index (χ1n) is 8.32. The van der Waals surface area contributed by atoms with Gasteiger partial charge < -0.3 is 15.0 Å². The zero-order chi connectivity index (χ0) is 17.8. The minimum Gasteiger partial charge on any atom is -0.478 e. The predicted octanol–water partition coefficient (Wildman–Crippen LogP) is 4.19. The van der Waals surface area contributed by atoms with Crippen molar-refractivity contribution >= 4 is 17.3 Å². The molecule has 2 N–H and O–H groups in total. The molecule has 130 valence electrons. The minimum absolute atomic E-state index is 0.407. The molecule has 0 aliphatic heterocycles. The Kier molecular flexibility index (Phi) is 5.36. The summed E-state index contributed by atoms with van der Waals surface area (Å²) in [5.41, 5.74) is 4.01. The number of hydrogen-bond acceptors (Lipinski definition) is 3. The molecule has 3 aromatic rings. The average molecular weight is 354 g/mol. The van der Waals surface area contributed by atoms with Crippen molar-refractivity contribution in [2.45, 2.75) is 26.8 Å². The van der Waals surface area contributed by atoms with Crippen LogP contribution >= 0.6 is 11.3 Å². The van der Waals surface area contributed by atoms with Crippen LogP contribution in [-0.4, -0.2) is 22.2 Å². The number of hydrogen-bond donors (Lipinski definition) is 2. The van der Waals surface area contributed by atoms with Crippen molar-refractivity contribution in [3.63, 3.8) is 0 Å². The van der Waals surface area contributed by atoms with Crippen LogP contribution in [0.25, 0.3) is 5.69 Å². The third-order valence-corrected chi connectivity index (χ3v) is 5.37. The van der Waals surface area contributed by atoms with E-state index in [2.05, 4.69) is 22.8 Å². The highest BCUT2D eigenvalue weighted by molar-refractivity contribution is 7.09. The van der Waals surface area contributed by atoms with Crippen LogP contribution in [0.2, 0.25) is 0 Å². The Bertz CT molecular complexity index is 852. The zero-order valence-corrected chi connectivity index (χ0v) is 15.3. The van der Waals surface area contributed by atoms with E-state index in [0.29, 0.717) is 12.1 Å². The van der Waals surface area contributed by atoms with Crippen molar-refractivity contribution in [3.05, 3.63) is 75.2 Å². The molecule has 0 saturated heterocycles. The fourth-order valence-corrected chi connectivity index (χ4v) is 3.95. The molecule has 5 heteroatoms. The summed E-state index contributed by atoms with van der Waals surface area (Å²) in [5, 5.41) is 15.2. The van der Waals surface area contributed by atoms with E-state index < -0.39 is 5.97 Å². The van der Waals surface area contributed by atoms with Crippen LogP contribution in [0.3, 0.4) is 0 Å². The standard InChI is InChI=1S/C20H22N2O2S/c1-14-18(13-21-11-10-17-9-6-12-25-17)19(20(23)24)15(2)22(14)16-7-4-3-5-8-16/h3-9,12,21H,10-11,13H2,1-2H3,(H,23,24). The second kappa shape index (κ2) is 7.68. The average Bonchev–Trinajstić information content (AvgIpc) is 3.19. The van der Waals surface area contributed by atoms with Crippen LogP contribution in [0.1, 0.15) is 32.2 Å². The first kappa shape index (κ1) is 17.5. The van der Waals surface area contributed by atoms with Crippen molar-refractivity contribution in [2.75, 3.05) is 6.54 Å². The van der Waals surface area contributed by atoms with Gasteiger partial charge in [0, 0.05) is 40.6 Å². The van der Waals surface area contributed by atoms with Gasteiger partial charge in [-0.15, -0.1) is 11.3 Å². The van der Waals surface area contributed by atoms with Crippen LogP contribution in [0.4, 0.5) is 0 Å². The summed E-state index contributed by atoms with van der Waals surface area (Å²) < 4.78 is 2.03. The first-order chi connectivity index (χ1) is 12.1. The van der Waals surface area contributed by atoms with Gasteiger partial charge in [0.2, 0.25) is 0 Å². The molecular formula is C20H22N2O2S. The molecule has 2 heterocycles. The maximum atomic E-state index is 11.8. The highest BCUT2D eigenvalue weighted by Gasteiger charge is 2.22. The highest BCUT2D eigenvalue weighted by atomic mass is 32.1. The molecule has 0 bridgehead atoms. The van der Waals surface area contributed by atoms with E-state index in [1.54, 1.807) is 11.3 Å². The lowest BCUT2D eigenvalue weighted by Gasteiger charge is -2.10. The SMILES string of the molecule is Cc1c(CNCCc2cccs2)c(C(=O)O)c(C)n1-c1ccccc1. The summed E-state index contributed by atoms with van der Waals surface area (Å²) >= 11 is 1.75. The molecule has 0 unspecified atom stereocenters. The Labute approximate surface area is 151 Å². The van der Waals surface area contributed by atoms with Gasteiger partial charge >= 0.3 is 5.97 Å². The molecular weight excluding hydrogens is 332 g/mol. The third-order valence-electron chi connectivity index (χ3n) is 4.43. The number of para-hydroxylation sites is 1. The number of nitrogens with zero attached hydrogens (tertiary/aromatic N) is 1. The third kappa shape index (κ3) is 3.67. The number of aromatic carboxylic acids is 1. The lowest BCUT2D eigenvalue weighted by Crippen LogP contribution is -2.18. The van der Waals surface area contributed by atoms with Crippen molar-refractivity contribution < 1.29 is 9.90 Å². The second-order valence-electron chi connectivity index (χ2n) is 6.01. The van der Waals surface area contributed by atoms with Gasteiger partial charge in [0.15, 0.2) is 0 Å². The monoisotopic (exact) mass is 354 g/mol. The molecule has 2 aromatic heterocycles. The molecule has 0 aliphatic carbocycles. The smallest absolute Gasteiger partial charge is 0.337 e. The summed E-state index contributed by atoms with van der Waals surface area (Å²) in [7, 11) is 0. The maximum absolute atomic E-state index is 11.8. The first-order valence-corrected chi connectivity index (χ1v) is 9.20. The molecule has 0 saturated carbocycles. The van der Waals surface area contributed by atoms with E-state index in [4.69, 9.17) is 0 Å². The number of carboxylic acids is 1. The van der Waals surface area contributed by atoms with E-state index in [1.165, 1.54) is 4.88 Å². The van der Waals surface area contributed by atoms with E-state index in [-0.39, 0.29) is 0 Å². The summed E-state index contributed by atoms with van der Waals surface area (Å²) in [6, 6.07) is 14.1. The normalized spacial score (nSPS) is 11.0. The van der Waals surface area contributed by atoms with Gasteiger partial charge in [-0.3, -0.25) is 0 Å². The van der Waals surface area contributed by atoms with Gasteiger partial charge in [-0.05, 0) is 43.8 Å². The number of nitrogens with one attached hydrogen (secondary N) is 1. The Hall–Kier alpha value is -2.37. The molecule has 0 amide bonds. The summed E-state index contributed by atoms with van der Waals surface area (Å²) in [6.45, 7) is 5.25. The lowest BCUT2D eigenvalue weighted by atomic mass is 10.1. The van der Waals surface area contributed by atoms with E-state index in [9.17, 15) is 9.90 Å². The Balaban J connectivity index is 1.83. The quantitative estimate of drug-likeness (QED) is 0.626. The number of thiophene rings is 1. The highest BCUT2D eigenvalue weighted by Crippen LogP contribution is 2.26. The van der Waals surface area contributed by atoms with Crippen molar-refractivity contribution in [2.24, 2.45) is 0 Å². The number of rotatable bonds is 7. The van der Waals surface area contributed by atoms with Crippen molar-refractivity contribution in [1.29, 1.82) is 0 Å². The largest absolute Gasteiger partial charge is 0.478 e. The molecule has 0 fully saturated rings. The van der Waals surface area contributed by atoms with Gasteiger partial charge in [0.1, 0.15) is 0 Å². The molecule has 0 spiro atoms. The number of benzene rings is 1. The van der Waals surface area contributed by atoms with Crippen molar-refractivity contribution in [3.8, 4) is 5.69 Å². The molecule has 0 atom stereocenters. The second-order valence-corrected chi connectivity index (χ2v) is 7.04. The molecule has 1 aromatic carbocycles. The summed E-state index contributed by atoms with van der Waals surface area (Å²) in [5.74, 6) is -0.870. The van der Waals surface area contributed by atoms with Crippen LogP contribution < -0.4 is 5.32 Å². The van der Waals surface area contributed by atoms with Gasteiger partial charge in [0.25, 0.3) is 0 Å². The molecule has 4 nitrogen and oxygen atoms in total. The lowest BCUT2D eigenvalue weighted by molar-refractivity contribution is 0.0695. The van der Waals surface area contributed by atoms with E-state index in [1.807, 2.05) is 48.7 Å². The fourth-order valence-electron chi connectivity index (χ4n) is 3.24. The molecule has 0 aliphatic rings. The minimum atomic E-state index is -0.870. The van der Waals surface area contributed by atoms with E-state index in [0.717, 1.165) is 35.6 Å². The predicted molar refractivity (Wildman–Crippen MR) is 102 cm³/mol. The van der Waals surface area contributed by atoms with Crippen LogP contribution in [-0.2, 0) is 13.0 Å². The molecule has 25 heavy (non-hydrogen) atoms. The number of carbonyl (C=O) groups is 1. The van der Waals surface area contributed by atoms with Crippen LogP contribution in [0.15, 0.2) is 47.8 Å². The topological polar surface area (TPSA) is 54.3 Å². The van der Waals surface area contributed by atoms with Gasteiger partial charge in [-0.25, -0.2) is 4.79 Å². The van der Waals surface area contributed by atoms with Crippen LogP contribution in [0, 0.1) is 13.8 Å². The van der Waals surface area contributed by atoms with Gasteiger partial charge in [-0.1, -0.05) is 24.3 Å². The Morgan fingerprint density at radius 3 is 2.52 bits per heavy atom. The Morgan fingerprint density at radius 2 is 1.88 bits per heavy atom. The van der Waals surface area contributed by atoms with Crippen molar-refractivity contribution in [1.82, 2.24) is 9.88 Å². The molecule has 3 rings (SSSR count).